The number of hydrogen-bond donors (Lipinski definition) is 1. The fraction of sp³-hybridized carbons (Fsp3) is 0.364. The molecule has 0 amide bonds. The molecule has 0 spiro atoms. The van der Waals surface area contributed by atoms with Gasteiger partial charge in [-0.05, 0) is 29.1 Å². The largest absolute Gasteiger partial charge is 0.480 e. The number of fused-ring (bicyclic) bond motifs is 1. The summed E-state index contributed by atoms with van der Waals surface area (Å²) in [5.74, 6) is -0.894. The van der Waals surface area contributed by atoms with E-state index in [1.807, 2.05) is 13.8 Å². The number of carboxylic acids is 1. The number of halogens is 1. The van der Waals surface area contributed by atoms with Crippen molar-refractivity contribution >= 4 is 23.1 Å². The average Bonchev–Trinajstić information content (AvgIpc) is 2.70. The Bertz CT molecular complexity index is 672. The molecule has 0 aliphatic rings. The van der Waals surface area contributed by atoms with Crippen molar-refractivity contribution in [3.05, 3.63) is 33.5 Å². The number of carboxylic acid groups (broad SMARTS) is 1. The first kappa shape index (κ1) is 12.6. The minimum atomic E-state index is -1.14. The summed E-state index contributed by atoms with van der Waals surface area (Å²) in [6, 6.07) is 1.71. The van der Waals surface area contributed by atoms with Gasteiger partial charge in [-0.2, -0.15) is 0 Å². The summed E-state index contributed by atoms with van der Waals surface area (Å²) in [5, 5.41) is 12.5. The van der Waals surface area contributed by atoms with E-state index in [2.05, 4.69) is 5.10 Å². The third kappa shape index (κ3) is 2.11. The van der Waals surface area contributed by atoms with E-state index < -0.39 is 18.1 Å². The van der Waals surface area contributed by atoms with E-state index in [1.54, 1.807) is 12.3 Å². The Balaban J connectivity index is 2.69. The van der Waals surface area contributed by atoms with Crippen molar-refractivity contribution in [2.24, 2.45) is 0 Å². The molecule has 0 unspecified atom stereocenters. The predicted octanol–water partition coefficient (Wildman–Crippen LogP) is 1.36. The molecule has 2 aromatic rings. The van der Waals surface area contributed by atoms with Crippen LogP contribution in [-0.4, -0.2) is 25.3 Å². The van der Waals surface area contributed by atoms with Gasteiger partial charge in [-0.15, -0.1) is 5.10 Å². The van der Waals surface area contributed by atoms with Crippen LogP contribution in [-0.2, 0) is 11.3 Å². The van der Waals surface area contributed by atoms with Crippen molar-refractivity contribution in [3.8, 4) is 0 Å². The molecule has 0 aliphatic heterocycles. The molecule has 0 radical (unpaired) electrons. The highest BCUT2D eigenvalue weighted by Gasteiger charge is 2.13. The third-order valence-electron chi connectivity index (χ3n) is 2.65. The van der Waals surface area contributed by atoms with Gasteiger partial charge in [0.25, 0.3) is 5.56 Å². The van der Waals surface area contributed by atoms with Gasteiger partial charge in [-0.1, -0.05) is 13.8 Å². The lowest BCUT2D eigenvalue weighted by atomic mass is 10.1. The molecule has 2 aromatic heterocycles. The van der Waals surface area contributed by atoms with Crippen LogP contribution < -0.4 is 5.56 Å². The Kier molecular flexibility index (Phi) is 3.13. The number of nitrogens with zero attached hydrogens (tertiary/aromatic N) is 3. The van der Waals surface area contributed by atoms with Crippen molar-refractivity contribution in [3.63, 3.8) is 0 Å². The van der Waals surface area contributed by atoms with E-state index in [4.69, 9.17) is 16.7 Å². The lowest BCUT2D eigenvalue weighted by molar-refractivity contribution is -0.138. The zero-order valence-corrected chi connectivity index (χ0v) is 10.7. The molecular weight excluding hydrogens is 258 g/mol. The molecule has 0 bridgehead atoms. The molecule has 6 nitrogen and oxygen atoms in total. The Labute approximate surface area is 107 Å². The smallest absolute Gasteiger partial charge is 0.325 e. The van der Waals surface area contributed by atoms with Crippen LogP contribution in [0.3, 0.4) is 0 Å². The topological polar surface area (TPSA) is 76.6 Å². The molecule has 0 saturated carbocycles. The minimum absolute atomic E-state index is 0.0674. The van der Waals surface area contributed by atoms with E-state index in [0.29, 0.717) is 5.52 Å². The fourth-order valence-electron chi connectivity index (χ4n) is 1.68. The van der Waals surface area contributed by atoms with Crippen molar-refractivity contribution < 1.29 is 9.90 Å². The molecule has 0 aliphatic carbocycles. The van der Waals surface area contributed by atoms with Gasteiger partial charge in [0.2, 0.25) is 5.28 Å². The van der Waals surface area contributed by atoms with Crippen LogP contribution >= 0.6 is 11.6 Å². The van der Waals surface area contributed by atoms with Crippen molar-refractivity contribution in [1.82, 2.24) is 14.2 Å². The number of aromatic nitrogens is 3. The standard InChI is InChI=1S/C11H12ClN3O3/c1-6(2)7-3-8-10(18)15(5-9(16)17)13-11(12)14(8)4-7/h3-4,6H,5H2,1-2H3,(H,16,17). The summed E-state index contributed by atoms with van der Waals surface area (Å²) in [6.45, 7) is 3.48. The summed E-state index contributed by atoms with van der Waals surface area (Å²) in [7, 11) is 0. The highest BCUT2D eigenvalue weighted by atomic mass is 35.5. The maximum atomic E-state index is 12.0. The molecule has 2 rings (SSSR count). The lowest BCUT2D eigenvalue weighted by Gasteiger charge is -2.03. The van der Waals surface area contributed by atoms with Crippen LogP contribution in [0, 0.1) is 0 Å². The normalized spacial score (nSPS) is 11.3. The van der Waals surface area contributed by atoms with E-state index in [0.717, 1.165) is 10.2 Å². The predicted molar refractivity (Wildman–Crippen MR) is 66.2 cm³/mol. The van der Waals surface area contributed by atoms with Crippen LogP contribution in [0.1, 0.15) is 25.3 Å². The summed E-state index contributed by atoms with van der Waals surface area (Å²) in [4.78, 5) is 22.6. The zero-order chi connectivity index (χ0) is 13.4. The molecule has 18 heavy (non-hydrogen) atoms. The van der Waals surface area contributed by atoms with Crippen LogP contribution in [0.4, 0.5) is 0 Å². The fourth-order valence-corrected chi connectivity index (χ4v) is 1.91. The first-order chi connectivity index (χ1) is 8.40. The van der Waals surface area contributed by atoms with Gasteiger partial charge < -0.3 is 5.11 Å². The van der Waals surface area contributed by atoms with E-state index in [9.17, 15) is 9.59 Å². The second-order valence-electron chi connectivity index (χ2n) is 4.31. The van der Waals surface area contributed by atoms with Crippen molar-refractivity contribution in [2.75, 3.05) is 0 Å². The van der Waals surface area contributed by atoms with E-state index in [-0.39, 0.29) is 11.2 Å². The van der Waals surface area contributed by atoms with Gasteiger partial charge in [-0.25, -0.2) is 4.68 Å². The van der Waals surface area contributed by atoms with E-state index in [1.165, 1.54) is 4.40 Å². The number of aliphatic carboxylic acids is 1. The summed E-state index contributed by atoms with van der Waals surface area (Å²) >= 11 is 5.93. The maximum absolute atomic E-state index is 12.0. The SMILES string of the molecule is CC(C)c1cc2c(=O)n(CC(=O)O)nc(Cl)n2c1. The van der Waals surface area contributed by atoms with Gasteiger partial charge in [-0.3, -0.25) is 14.0 Å². The first-order valence-corrected chi connectivity index (χ1v) is 5.78. The summed E-state index contributed by atoms with van der Waals surface area (Å²) in [5.41, 5.74) is 0.817. The van der Waals surface area contributed by atoms with Gasteiger partial charge in [0.15, 0.2) is 0 Å². The molecule has 2 heterocycles. The van der Waals surface area contributed by atoms with Crippen LogP contribution in [0.15, 0.2) is 17.1 Å². The molecule has 7 heteroatoms. The van der Waals surface area contributed by atoms with Crippen LogP contribution in [0.2, 0.25) is 5.28 Å². The third-order valence-corrected chi connectivity index (χ3v) is 2.91. The summed E-state index contributed by atoms with van der Waals surface area (Å²) in [6.07, 6.45) is 1.74. The van der Waals surface area contributed by atoms with Gasteiger partial charge in [0.1, 0.15) is 12.1 Å². The second-order valence-corrected chi connectivity index (χ2v) is 4.65. The molecule has 0 atom stereocenters. The Morgan fingerprint density at radius 1 is 1.56 bits per heavy atom. The molecule has 0 aromatic carbocycles. The maximum Gasteiger partial charge on any atom is 0.325 e. The Morgan fingerprint density at radius 2 is 2.22 bits per heavy atom. The Morgan fingerprint density at radius 3 is 2.78 bits per heavy atom. The Hall–Kier alpha value is -1.82. The monoisotopic (exact) mass is 269 g/mol. The molecular formula is C11H12ClN3O3. The van der Waals surface area contributed by atoms with Gasteiger partial charge in [0, 0.05) is 6.20 Å². The second kappa shape index (κ2) is 4.45. The molecule has 0 saturated heterocycles. The highest BCUT2D eigenvalue weighted by Crippen LogP contribution is 2.18. The number of hydrogen-bond acceptors (Lipinski definition) is 3. The molecule has 96 valence electrons. The van der Waals surface area contributed by atoms with E-state index >= 15 is 0 Å². The quantitative estimate of drug-likeness (QED) is 0.913. The number of rotatable bonds is 3. The van der Waals surface area contributed by atoms with Crippen LogP contribution in [0.5, 0.6) is 0 Å². The number of carbonyl (C=O) groups is 1. The summed E-state index contributed by atoms with van der Waals surface area (Å²) < 4.78 is 2.32. The van der Waals surface area contributed by atoms with Crippen molar-refractivity contribution in [2.45, 2.75) is 26.3 Å². The molecule has 1 N–H and O–H groups in total. The van der Waals surface area contributed by atoms with Gasteiger partial charge in [0.05, 0.1) is 0 Å². The minimum Gasteiger partial charge on any atom is -0.480 e. The lowest BCUT2D eigenvalue weighted by Crippen LogP contribution is -2.28. The van der Waals surface area contributed by atoms with Gasteiger partial charge >= 0.3 is 5.97 Å². The highest BCUT2D eigenvalue weighted by molar-refractivity contribution is 6.28. The average molecular weight is 270 g/mol. The first-order valence-electron chi connectivity index (χ1n) is 5.40. The van der Waals surface area contributed by atoms with Crippen LogP contribution in [0.25, 0.3) is 5.52 Å². The zero-order valence-electron chi connectivity index (χ0n) is 9.92. The molecule has 0 fully saturated rings. The van der Waals surface area contributed by atoms with Crippen molar-refractivity contribution in [1.29, 1.82) is 0 Å².